The number of benzene rings is 2. The monoisotopic (exact) mass is 554 g/mol. The third-order valence-electron chi connectivity index (χ3n) is 8.15. The molecule has 2 unspecified atom stereocenters. The van der Waals surface area contributed by atoms with Crippen LogP contribution in [-0.2, 0) is 14.9 Å². The second kappa shape index (κ2) is 10.5. The van der Waals surface area contributed by atoms with Gasteiger partial charge in [0.05, 0.1) is 47.1 Å². The summed E-state index contributed by atoms with van der Waals surface area (Å²) in [5.74, 6) is 0.300. The topological polar surface area (TPSA) is 162 Å². The molecule has 0 spiro atoms. The van der Waals surface area contributed by atoms with Crippen molar-refractivity contribution in [2.75, 3.05) is 20.0 Å². The van der Waals surface area contributed by atoms with E-state index in [9.17, 15) is 27.7 Å². The number of imidazole rings is 1. The molecule has 2 bridgehead atoms. The van der Waals surface area contributed by atoms with Gasteiger partial charge in [0.25, 0.3) is 0 Å². The maximum atomic E-state index is 11.8. The lowest BCUT2D eigenvalue weighted by atomic mass is 9.70. The molecular formula is C28H30N2O8S-2. The molecule has 0 radical (unpaired) electrons. The summed E-state index contributed by atoms with van der Waals surface area (Å²) < 4.78 is 43.2. The average Bonchev–Trinajstić information content (AvgIpc) is 3.45. The van der Waals surface area contributed by atoms with Gasteiger partial charge in [-0.3, -0.25) is 4.79 Å². The maximum absolute atomic E-state index is 11.8. The van der Waals surface area contributed by atoms with E-state index in [1.165, 1.54) is 6.07 Å². The number of methoxy groups -OCH3 is 2. The van der Waals surface area contributed by atoms with E-state index in [4.69, 9.17) is 9.47 Å². The van der Waals surface area contributed by atoms with Gasteiger partial charge >= 0.3 is 0 Å². The minimum Gasteiger partial charge on any atom is -0.748 e. The smallest absolute Gasteiger partial charge is 0.161 e. The molecule has 2 saturated carbocycles. The first-order valence-corrected chi connectivity index (χ1v) is 14.0. The minimum atomic E-state index is -4.33. The van der Waals surface area contributed by atoms with Crippen LogP contribution >= 0.6 is 0 Å². The summed E-state index contributed by atoms with van der Waals surface area (Å²) in [7, 11) is -1.17. The van der Waals surface area contributed by atoms with E-state index in [-0.39, 0.29) is 22.7 Å². The van der Waals surface area contributed by atoms with Crippen LogP contribution in [-0.4, -0.2) is 54.7 Å². The second-order valence-corrected chi connectivity index (χ2v) is 11.8. The number of ether oxygens (including phenoxy) is 2. The van der Waals surface area contributed by atoms with Crippen LogP contribution < -0.4 is 14.6 Å². The van der Waals surface area contributed by atoms with E-state index in [1.807, 2.05) is 38.1 Å². The molecular weight excluding hydrogens is 524 g/mol. The maximum Gasteiger partial charge on any atom is 0.161 e. The molecule has 0 saturated heterocycles. The Morgan fingerprint density at radius 1 is 1.15 bits per heavy atom. The Hall–Kier alpha value is -3.70. The number of ketones is 1. The van der Waals surface area contributed by atoms with Gasteiger partial charge in [-0.15, -0.1) is 0 Å². The fourth-order valence-corrected chi connectivity index (χ4v) is 7.12. The fourth-order valence-electron chi connectivity index (χ4n) is 5.84. The summed E-state index contributed by atoms with van der Waals surface area (Å²) in [5.41, 5.74) is 0.760. The Morgan fingerprint density at radius 2 is 1.87 bits per heavy atom. The number of aromatic amines is 1. The van der Waals surface area contributed by atoms with Gasteiger partial charge in [-0.05, 0) is 54.0 Å². The molecule has 2 aliphatic rings. The van der Waals surface area contributed by atoms with Gasteiger partial charge in [-0.2, -0.15) is 0 Å². The first kappa shape index (κ1) is 28.3. The number of carbonyl (C=O) groups is 2. The van der Waals surface area contributed by atoms with Crippen LogP contribution in [0, 0.1) is 16.7 Å². The number of carbonyl (C=O) groups excluding carboxylic acids is 2. The molecule has 39 heavy (non-hydrogen) atoms. The summed E-state index contributed by atoms with van der Waals surface area (Å²) in [6.07, 6.45) is 5.49. The number of para-hydroxylation sites is 1. The Balaban J connectivity index is 0.000000202. The van der Waals surface area contributed by atoms with Gasteiger partial charge in [0.15, 0.2) is 11.5 Å². The Labute approximate surface area is 226 Å². The molecule has 208 valence electrons. The van der Waals surface area contributed by atoms with Crippen molar-refractivity contribution >= 4 is 45.1 Å². The lowest BCUT2D eigenvalue weighted by Gasteiger charge is -2.37. The van der Waals surface area contributed by atoms with Gasteiger partial charge in [0.1, 0.15) is 11.6 Å². The summed E-state index contributed by atoms with van der Waals surface area (Å²) in [5, 5.41) is 11.1. The van der Waals surface area contributed by atoms with Crippen molar-refractivity contribution in [2.24, 2.45) is 16.7 Å². The van der Waals surface area contributed by atoms with E-state index in [0.29, 0.717) is 41.2 Å². The number of aromatic carboxylic acids is 1. The van der Waals surface area contributed by atoms with Crippen LogP contribution in [0.3, 0.4) is 0 Å². The van der Waals surface area contributed by atoms with Crippen LogP contribution in [0.25, 0.3) is 23.2 Å². The first-order chi connectivity index (χ1) is 18.3. The third kappa shape index (κ3) is 5.41. The van der Waals surface area contributed by atoms with Crippen molar-refractivity contribution in [1.82, 2.24) is 9.97 Å². The number of nitrogens with one attached hydrogen (secondary N) is 1. The number of aromatic nitrogens is 2. The highest BCUT2D eigenvalue weighted by Crippen LogP contribution is 2.64. The van der Waals surface area contributed by atoms with E-state index in [1.54, 1.807) is 32.4 Å². The molecule has 10 nitrogen and oxygen atoms in total. The zero-order valence-electron chi connectivity index (χ0n) is 22.1. The Bertz CT molecular complexity index is 1560. The van der Waals surface area contributed by atoms with Crippen molar-refractivity contribution in [1.29, 1.82) is 0 Å². The quantitative estimate of drug-likeness (QED) is 0.433. The van der Waals surface area contributed by atoms with Crippen LogP contribution in [0.1, 0.15) is 54.9 Å². The number of Topliss-reactive ketones (excluding diaryl/α,β-unsaturated/α-hetero) is 1. The molecule has 3 aromatic rings. The van der Waals surface area contributed by atoms with E-state index in [0.717, 1.165) is 12.0 Å². The summed E-state index contributed by atoms with van der Waals surface area (Å²) in [6.45, 7) is 3.83. The largest absolute Gasteiger partial charge is 0.748 e. The highest BCUT2D eigenvalue weighted by molar-refractivity contribution is 7.85. The summed E-state index contributed by atoms with van der Waals surface area (Å²) in [6, 6.07) is 10.4. The Kier molecular flexibility index (Phi) is 7.59. The third-order valence-corrected chi connectivity index (χ3v) is 9.00. The predicted molar refractivity (Wildman–Crippen MR) is 142 cm³/mol. The molecule has 5 rings (SSSR count). The highest BCUT2D eigenvalue weighted by atomic mass is 32.2. The van der Waals surface area contributed by atoms with Crippen molar-refractivity contribution in [3.05, 3.63) is 53.3 Å². The second-order valence-electron chi connectivity index (χ2n) is 10.4. The molecule has 2 atom stereocenters. The number of rotatable bonds is 7. The zero-order chi connectivity index (χ0) is 28.6. The molecule has 1 aromatic heterocycles. The fraction of sp³-hybridized carbons (Fsp3) is 0.393. The SMILES string of the molecule is CC1(C)C2CCC1(CS(=O)(=O)[O-])C(=O)C2.COc1ccc(/C=C/c2nc3c(C(=O)[O-])cccc3[nH]2)cc1OC. The molecule has 11 heteroatoms. The van der Waals surface area contributed by atoms with E-state index >= 15 is 0 Å². The van der Waals surface area contributed by atoms with Gasteiger partial charge < -0.3 is 28.9 Å². The van der Waals surface area contributed by atoms with Crippen LogP contribution in [0.15, 0.2) is 36.4 Å². The van der Waals surface area contributed by atoms with E-state index < -0.39 is 27.3 Å². The first-order valence-electron chi connectivity index (χ1n) is 12.4. The molecule has 0 aliphatic heterocycles. The lowest BCUT2D eigenvalue weighted by Crippen LogP contribution is -2.42. The van der Waals surface area contributed by atoms with Crippen LogP contribution in [0.4, 0.5) is 0 Å². The van der Waals surface area contributed by atoms with Gasteiger partial charge in [0.2, 0.25) is 0 Å². The standard InChI is InChI=1S/C18H16N2O4.C10H16O4S/c1-23-14-8-6-11(10-15(14)24-2)7-9-16-19-13-5-3-4-12(18(21)22)17(13)20-16;1-9(2)7-3-4-10(9,8(11)5-7)6-15(12,13)14/h3-10H,1-2H3,(H,19,20)(H,21,22);7H,3-6H2,1-2H3,(H,12,13,14)/p-2/b9-7+;. The summed E-state index contributed by atoms with van der Waals surface area (Å²) >= 11 is 0. The highest BCUT2D eigenvalue weighted by Gasteiger charge is 2.64. The average molecular weight is 555 g/mol. The molecule has 0 amide bonds. The number of carboxylic acids is 1. The van der Waals surface area contributed by atoms with E-state index in [2.05, 4.69) is 9.97 Å². The van der Waals surface area contributed by atoms with Crippen molar-refractivity contribution in [3.8, 4) is 11.5 Å². The van der Waals surface area contributed by atoms with Gasteiger partial charge in [-0.25, -0.2) is 13.4 Å². The predicted octanol–water partition coefficient (Wildman–Crippen LogP) is 3.04. The number of hydrogen-bond donors (Lipinski definition) is 1. The molecule has 2 aromatic carbocycles. The molecule has 2 aliphatic carbocycles. The van der Waals surface area contributed by atoms with Crippen molar-refractivity contribution in [2.45, 2.75) is 33.1 Å². The molecule has 1 heterocycles. The number of nitrogens with zero attached hydrogens (tertiary/aromatic N) is 1. The number of H-pyrrole nitrogens is 1. The number of carboxylic acid groups (broad SMARTS) is 1. The van der Waals surface area contributed by atoms with Gasteiger partial charge in [-0.1, -0.05) is 38.1 Å². The molecule has 2 fully saturated rings. The van der Waals surface area contributed by atoms with Gasteiger partial charge in [0, 0.05) is 17.4 Å². The number of hydrogen-bond acceptors (Lipinski definition) is 9. The summed E-state index contributed by atoms with van der Waals surface area (Å²) in [4.78, 5) is 30.3. The van der Waals surface area contributed by atoms with Crippen LogP contribution in [0.5, 0.6) is 11.5 Å². The number of fused-ring (bicyclic) bond motifs is 3. The Morgan fingerprint density at radius 3 is 2.44 bits per heavy atom. The zero-order valence-corrected chi connectivity index (χ0v) is 23.0. The van der Waals surface area contributed by atoms with Crippen molar-refractivity contribution in [3.63, 3.8) is 0 Å². The van der Waals surface area contributed by atoms with Crippen LogP contribution in [0.2, 0.25) is 0 Å². The van der Waals surface area contributed by atoms with Crippen molar-refractivity contribution < 1.29 is 37.1 Å². The minimum absolute atomic E-state index is 0.0248. The molecule has 1 N–H and O–H groups in total. The normalized spacial score (nSPS) is 21.7. The lowest BCUT2D eigenvalue weighted by molar-refractivity contribution is -0.254.